The van der Waals surface area contributed by atoms with Crippen molar-refractivity contribution in [1.29, 1.82) is 0 Å². The highest BCUT2D eigenvalue weighted by Gasteiger charge is 2.39. The molecular formula is C25H40N4O4. The number of anilines is 2. The van der Waals surface area contributed by atoms with Gasteiger partial charge in [0.2, 0.25) is 11.8 Å². The molecule has 5 N–H and O–H groups in total. The number of nitrogens with zero attached hydrogens (tertiary/aromatic N) is 1. The van der Waals surface area contributed by atoms with Gasteiger partial charge in [-0.3, -0.25) is 19.3 Å². The van der Waals surface area contributed by atoms with Gasteiger partial charge in [-0.1, -0.05) is 46.2 Å². The number of aliphatic hydroxyl groups excluding tert-OH is 1. The van der Waals surface area contributed by atoms with E-state index in [2.05, 4.69) is 17.6 Å². The first kappa shape index (κ1) is 26.8. The first-order chi connectivity index (χ1) is 15.5. The van der Waals surface area contributed by atoms with E-state index in [1.165, 1.54) is 11.8 Å². The van der Waals surface area contributed by atoms with Crippen LogP contribution in [-0.2, 0) is 14.4 Å². The van der Waals surface area contributed by atoms with Gasteiger partial charge in [-0.2, -0.15) is 0 Å². The van der Waals surface area contributed by atoms with E-state index in [-0.39, 0.29) is 36.4 Å². The summed E-state index contributed by atoms with van der Waals surface area (Å²) in [7, 11) is 0. The number of ketones is 1. The van der Waals surface area contributed by atoms with Crippen molar-refractivity contribution in [3.05, 3.63) is 24.3 Å². The summed E-state index contributed by atoms with van der Waals surface area (Å²) >= 11 is 0. The highest BCUT2D eigenvalue weighted by Crippen LogP contribution is 2.37. The Morgan fingerprint density at radius 2 is 1.94 bits per heavy atom. The van der Waals surface area contributed by atoms with Gasteiger partial charge in [-0.15, -0.1) is 0 Å². The molecule has 33 heavy (non-hydrogen) atoms. The quantitative estimate of drug-likeness (QED) is 0.356. The number of aliphatic hydroxyl groups is 1. The van der Waals surface area contributed by atoms with Crippen LogP contribution >= 0.6 is 0 Å². The number of benzene rings is 1. The van der Waals surface area contributed by atoms with Crippen LogP contribution in [0.2, 0.25) is 0 Å². The zero-order valence-corrected chi connectivity index (χ0v) is 20.6. The number of Topliss-reactive ketones (excluding diaryl/α,β-unsaturated/α-hetero) is 1. The molecule has 0 saturated carbocycles. The molecule has 8 heteroatoms. The van der Waals surface area contributed by atoms with E-state index in [0.29, 0.717) is 18.7 Å². The van der Waals surface area contributed by atoms with Crippen LogP contribution in [0.3, 0.4) is 0 Å². The lowest BCUT2D eigenvalue weighted by Gasteiger charge is -2.32. The lowest BCUT2D eigenvalue weighted by Crippen LogP contribution is -2.47. The van der Waals surface area contributed by atoms with Crippen LogP contribution in [0, 0.1) is 11.3 Å². The molecule has 0 spiro atoms. The van der Waals surface area contributed by atoms with Gasteiger partial charge < -0.3 is 21.5 Å². The SMILES string of the molecule is CCCCNC(=O)[C@H](C)C[C@H](O)[C@@H](N)CC(C)(C)CC(=O)C1Nc2ccccc2N1C(C)=O. The topological polar surface area (TPSA) is 125 Å². The number of carbonyl (C=O) groups is 3. The zero-order valence-electron chi connectivity index (χ0n) is 20.6. The maximum atomic E-state index is 13.2. The Bertz CT molecular complexity index is 841. The number of carbonyl (C=O) groups excluding carboxylic acids is 3. The van der Waals surface area contributed by atoms with E-state index in [1.807, 2.05) is 38.1 Å². The molecule has 0 saturated heterocycles. The Morgan fingerprint density at radius 1 is 1.27 bits per heavy atom. The third kappa shape index (κ3) is 7.27. The van der Waals surface area contributed by atoms with E-state index in [1.54, 1.807) is 6.92 Å². The second-order valence-corrected chi connectivity index (χ2v) is 9.98. The van der Waals surface area contributed by atoms with Crippen molar-refractivity contribution in [2.24, 2.45) is 17.1 Å². The average molecular weight is 461 g/mol. The van der Waals surface area contributed by atoms with Crippen LogP contribution in [0.4, 0.5) is 11.4 Å². The van der Waals surface area contributed by atoms with Crippen molar-refractivity contribution in [1.82, 2.24) is 5.32 Å². The fourth-order valence-corrected chi connectivity index (χ4v) is 4.35. The van der Waals surface area contributed by atoms with Crippen LogP contribution in [0.1, 0.15) is 66.7 Å². The molecule has 0 fully saturated rings. The summed E-state index contributed by atoms with van der Waals surface area (Å²) in [5.74, 6) is -0.753. The normalized spacial score (nSPS) is 18.2. The largest absolute Gasteiger partial charge is 0.391 e. The molecule has 1 aliphatic rings. The highest BCUT2D eigenvalue weighted by molar-refractivity contribution is 6.07. The smallest absolute Gasteiger partial charge is 0.226 e. The molecule has 0 aromatic heterocycles. The standard InChI is InChI=1S/C25H40N4O4/c1-6-7-12-27-24(33)16(2)13-21(31)18(26)14-25(4,5)15-22(32)23-28-19-10-8-9-11-20(19)29(23)17(3)30/h8-11,16,18,21,23,28,31H,6-7,12-15,26H2,1-5H3,(H,27,33)/t16-,18+,21+,23?/m1/s1. The van der Waals surface area contributed by atoms with Gasteiger partial charge in [0, 0.05) is 31.8 Å². The number of para-hydroxylation sites is 2. The van der Waals surface area contributed by atoms with Crippen molar-refractivity contribution in [3.63, 3.8) is 0 Å². The van der Waals surface area contributed by atoms with Crippen LogP contribution in [0.25, 0.3) is 0 Å². The molecule has 1 aliphatic heterocycles. The van der Waals surface area contributed by atoms with Gasteiger partial charge in [0.05, 0.1) is 17.5 Å². The summed E-state index contributed by atoms with van der Waals surface area (Å²) in [6.45, 7) is 9.78. The van der Waals surface area contributed by atoms with Crippen LogP contribution in [0.5, 0.6) is 0 Å². The number of unbranched alkanes of at least 4 members (excludes halogenated alkanes) is 1. The van der Waals surface area contributed by atoms with E-state index in [9.17, 15) is 19.5 Å². The molecule has 1 heterocycles. The first-order valence-corrected chi connectivity index (χ1v) is 11.9. The Morgan fingerprint density at radius 3 is 2.58 bits per heavy atom. The number of amides is 2. The maximum Gasteiger partial charge on any atom is 0.226 e. The lowest BCUT2D eigenvalue weighted by molar-refractivity contribution is -0.125. The second kappa shape index (κ2) is 11.6. The van der Waals surface area contributed by atoms with Crippen molar-refractivity contribution < 1.29 is 19.5 Å². The molecule has 2 amide bonds. The number of nitrogens with two attached hydrogens (primary N) is 1. The zero-order chi connectivity index (χ0) is 24.8. The Balaban J connectivity index is 1.93. The summed E-state index contributed by atoms with van der Waals surface area (Å²) < 4.78 is 0. The number of hydrogen-bond acceptors (Lipinski definition) is 6. The van der Waals surface area contributed by atoms with Gasteiger partial charge in [-0.05, 0) is 36.8 Å². The van der Waals surface area contributed by atoms with Gasteiger partial charge >= 0.3 is 0 Å². The average Bonchev–Trinajstić information content (AvgIpc) is 3.13. The molecule has 2 rings (SSSR count). The Hall–Kier alpha value is -2.45. The fraction of sp³-hybridized carbons (Fsp3) is 0.640. The minimum Gasteiger partial charge on any atom is -0.391 e. The third-order valence-electron chi connectivity index (χ3n) is 6.17. The number of nitrogens with one attached hydrogen (secondary N) is 2. The summed E-state index contributed by atoms with van der Waals surface area (Å²) in [6, 6.07) is 6.77. The van der Waals surface area contributed by atoms with E-state index < -0.39 is 23.7 Å². The summed E-state index contributed by atoms with van der Waals surface area (Å²) in [5, 5.41) is 16.6. The van der Waals surface area contributed by atoms with Crippen molar-refractivity contribution in [2.45, 2.75) is 85.0 Å². The summed E-state index contributed by atoms with van der Waals surface area (Å²) in [4.78, 5) is 39.1. The maximum absolute atomic E-state index is 13.2. The minimum atomic E-state index is -0.853. The molecule has 8 nitrogen and oxygen atoms in total. The lowest BCUT2D eigenvalue weighted by atomic mass is 9.78. The number of fused-ring (bicyclic) bond motifs is 1. The number of hydrogen-bond donors (Lipinski definition) is 4. The van der Waals surface area contributed by atoms with E-state index in [4.69, 9.17) is 5.73 Å². The number of rotatable bonds is 12. The van der Waals surface area contributed by atoms with Crippen molar-refractivity contribution in [2.75, 3.05) is 16.8 Å². The third-order valence-corrected chi connectivity index (χ3v) is 6.17. The first-order valence-electron chi connectivity index (χ1n) is 11.9. The molecule has 1 aromatic carbocycles. The molecule has 1 unspecified atom stereocenters. The van der Waals surface area contributed by atoms with E-state index in [0.717, 1.165) is 18.5 Å². The molecule has 0 radical (unpaired) electrons. The molecule has 1 aromatic rings. The minimum absolute atomic E-state index is 0.0830. The monoisotopic (exact) mass is 460 g/mol. The highest BCUT2D eigenvalue weighted by atomic mass is 16.3. The predicted molar refractivity (Wildman–Crippen MR) is 131 cm³/mol. The van der Waals surface area contributed by atoms with Gasteiger partial charge in [0.25, 0.3) is 0 Å². The molecule has 0 aliphatic carbocycles. The van der Waals surface area contributed by atoms with Gasteiger partial charge in [0.1, 0.15) is 0 Å². The van der Waals surface area contributed by atoms with Crippen molar-refractivity contribution in [3.8, 4) is 0 Å². The molecule has 0 bridgehead atoms. The Labute approximate surface area is 197 Å². The Kier molecular flexibility index (Phi) is 9.43. The second-order valence-electron chi connectivity index (χ2n) is 9.98. The van der Waals surface area contributed by atoms with Crippen molar-refractivity contribution >= 4 is 29.0 Å². The van der Waals surface area contributed by atoms with E-state index >= 15 is 0 Å². The van der Waals surface area contributed by atoms with Crippen LogP contribution in [-0.4, -0.2) is 47.6 Å². The summed E-state index contributed by atoms with van der Waals surface area (Å²) in [5.41, 5.74) is 7.22. The van der Waals surface area contributed by atoms with Crippen LogP contribution < -0.4 is 21.3 Å². The molecule has 184 valence electrons. The predicted octanol–water partition coefficient (Wildman–Crippen LogP) is 2.80. The molecular weight excluding hydrogens is 420 g/mol. The summed E-state index contributed by atoms with van der Waals surface area (Å²) in [6.07, 6.45) is 1.18. The van der Waals surface area contributed by atoms with Crippen LogP contribution in [0.15, 0.2) is 24.3 Å². The van der Waals surface area contributed by atoms with Gasteiger partial charge in [-0.25, -0.2) is 0 Å². The van der Waals surface area contributed by atoms with Gasteiger partial charge in [0.15, 0.2) is 11.9 Å². The molecule has 4 atom stereocenters. The fourth-order valence-electron chi connectivity index (χ4n) is 4.35.